The molecule has 0 radical (unpaired) electrons. The molecule has 1 aromatic heterocycles. The van der Waals surface area contributed by atoms with Crippen LogP contribution in [-0.4, -0.2) is 3.97 Å². The van der Waals surface area contributed by atoms with Crippen LogP contribution in [0.15, 0.2) is 18.7 Å². The molecule has 2 nitrogen and oxygen atoms in total. The van der Waals surface area contributed by atoms with E-state index < -0.39 is 0 Å². The zero-order valence-corrected chi connectivity index (χ0v) is 6.38. The predicted octanol–water partition coefficient (Wildman–Crippen LogP) is 0.879. The van der Waals surface area contributed by atoms with Gasteiger partial charge in [0.25, 0.3) is 6.33 Å². The van der Waals surface area contributed by atoms with Gasteiger partial charge in [-0.1, -0.05) is 6.92 Å². The van der Waals surface area contributed by atoms with Gasteiger partial charge < -0.3 is 0 Å². The summed E-state index contributed by atoms with van der Waals surface area (Å²) in [5.41, 5.74) is 0. The lowest BCUT2D eigenvalue weighted by atomic mass is 10.5. The van der Waals surface area contributed by atoms with Crippen LogP contribution in [-0.2, 0) is 6.54 Å². The normalized spacial score (nSPS) is 10.0. The van der Waals surface area contributed by atoms with E-state index in [2.05, 4.69) is 24.3 Å². The summed E-state index contributed by atoms with van der Waals surface area (Å²) in [5, 5.41) is 0. The highest BCUT2D eigenvalue weighted by Crippen LogP contribution is 1.84. The Morgan fingerprint density at radius 3 is 2.89 bits per heavy atom. The van der Waals surface area contributed by atoms with Crippen molar-refractivity contribution < 1.29 is 4.57 Å². The van der Waals surface area contributed by atoms with Crippen molar-refractivity contribution in [3.8, 4) is 0 Å². The molecule has 50 valence electrons. The summed E-state index contributed by atoms with van der Waals surface area (Å²) in [6.07, 6.45) is 7.05. The third kappa shape index (κ3) is 1.75. The lowest BCUT2D eigenvalue weighted by Gasteiger charge is -1.86. The third-order valence-corrected chi connectivity index (χ3v) is 1.40. The fourth-order valence-electron chi connectivity index (χ4n) is 0.773. The van der Waals surface area contributed by atoms with Gasteiger partial charge in [-0.15, -0.1) is 0 Å². The predicted molar refractivity (Wildman–Crippen MR) is 39.3 cm³/mol. The molecule has 0 aliphatic heterocycles. The number of hydrogen-bond donors (Lipinski definition) is 1. The minimum atomic E-state index is 1.08. The molecule has 1 aromatic rings. The van der Waals surface area contributed by atoms with Gasteiger partial charge in [0.05, 0.1) is 6.54 Å². The zero-order chi connectivity index (χ0) is 6.69. The highest BCUT2D eigenvalue weighted by Gasteiger charge is 1.95. The molecule has 0 N–H and O–H groups in total. The minimum absolute atomic E-state index is 1.08. The molecule has 0 aliphatic rings. The monoisotopic (exact) mass is 143 g/mol. The zero-order valence-electron chi connectivity index (χ0n) is 5.49. The second kappa shape index (κ2) is 2.92. The minimum Gasteiger partial charge on any atom is -0.236 e. The molecule has 0 fully saturated rings. The quantitative estimate of drug-likeness (QED) is 0.465. The molecule has 0 aliphatic carbocycles. The van der Waals surface area contributed by atoms with E-state index in [0.717, 1.165) is 6.54 Å². The number of aromatic nitrogens is 2. The van der Waals surface area contributed by atoms with E-state index in [1.54, 1.807) is 3.97 Å². The first kappa shape index (κ1) is 6.68. The molecule has 0 saturated carbocycles. The molecule has 0 bridgehead atoms. The maximum absolute atomic E-state index is 4.09. The smallest absolute Gasteiger partial charge is 0.236 e. The largest absolute Gasteiger partial charge is 0.255 e. The van der Waals surface area contributed by atoms with Crippen molar-refractivity contribution >= 4 is 12.8 Å². The summed E-state index contributed by atoms with van der Waals surface area (Å²) >= 11 is 4.09. The van der Waals surface area contributed by atoms with Crippen LogP contribution in [0.2, 0.25) is 0 Å². The van der Waals surface area contributed by atoms with Crippen molar-refractivity contribution in [2.75, 3.05) is 0 Å². The Labute approximate surface area is 60.7 Å². The van der Waals surface area contributed by atoms with Gasteiger partial charge >= 0.3 is 0 Å². The average Bonchev–Trinajstić information content (AvgIpc) is 2.17. The first-order chi connectivity index (χ1) is 4.33. The second-order valence-electron chi connectivity index (χ2n) is 2.03. The van der Waals surface area contributed by atoms with E-state index in [4.69, 9.17) is 0 Å². The Morgan fingerprint density at radius 2 is 2.44 bits per heavy atom. The third-order valence-electron chi connectivity index (χ3n) is 1.16. The van der Waals surface area contributed by atoms with Crippen molar-refractivity contribution in [1.82, 2.24) is 3.97 Å². The lowest BCUT2D eigenvalue weighted by molar-refractivity contribution is -0.695. The number of imidazole rings is 1. The van der Waals surface area contributed by atoms with E-state index in [1.807, 2.05) is 18.7 Å². The van der Waals surface area contributed by atoms with Crippen LogP contribution in [0.1, 0.15) is 13.3 Å². The van der Waals surface area contributed by atoms with Gasteiger partial charge in [-0.3, -0.25) is 0 Å². The molecule has 0 unspecified atom stereocenters. The number of rotatable bonds is 2. The van der Waals surface area contributed by atoms with Crippen LogP contribution in [0, 0.1) is 0 Å². The molecular formula is C6H11N2S+. The summed E-state index contributed by atoms with van der Waals surface area (Å²) < 4.78 is 3.85. The van der Waals surface area contributed by atoms with Crippen molar-refractivity contribution in [1.29, 1.82) is 0 Å². The first-order valence-electron chi connectivity index (χ1n) is 3.09. The number of nitrogens with zero attached hydrogens (tertiary/aromatic N) is 2. The SMILES string of the molecule is CCC[n+]1ccn(S)c1. The van der Waals surface area contributed by atoms with E-state index in [0.29, 0.717) is 0 Å². The van der Waals surface area contributed by atoms with E-state index in [9.17, 15) is 0 Å². The Balaban J connectivity index is 2.61. The van der Waals surface area contributed by atoms with Gasteiger partial charge in [0, 0.05) is 12.8 Å². The number of thiol groups is 1. The molecule has 0 spiro atoms. The fourth-order valence-corrected chi connectivity index (χ4v) is 0.966. The number of hydrogen-bond acceptors (Lipinski definition) is 1. The highest BCUT2D eigenvalue weighted by atomic mass is 32.1. The van der Waals surface area contributed by atoms with Crippen LogP contribution in [0.5, 0.6) is 0 Å². The summed E-state index contributed by atoms with van der Waals surface area (Å²) in [6.45, 7) is 3.23. The Bertz CT molecular complexity index is 183. The Morgan fingerprint density at radius 1 is 1.67 bits per heavy atom. The fraction of sp³-hybridized carbons (Fsp3) is 0.500. The maximum Gasteiger partial charge on any atom is 0.255 e. The standard InChI is InChI=1S/C6H11N2S/c1-2-3-7-4-5-8(9)6-7/h4-6,9H,2-3H2,1H3/q+1. The van der Waals surface area contributed by atoms with Crippen LogP contribution in [0.25, 0.3) is 0 Å². The van der Waals surface area contributed by atoms with Crippen molar-refractivity contribution in [2.24, 2.45) is 0 Å². The van der Waals surface area contributed by atoms with Crippen molar-refractivity contribution in [3.05, 3.63) is 18.7 Å². The van der Waals surface area contributed by atoms with Gasteiger partial charge in [0.15, 0.2) is 0 Å². The summed E-state index contributed by atoms with van der Waals surface area (Å²) in [6, 6.07) is 0. The topological polar surface area (TPSA) is 8.81 Å². The molecule has 0 amide bonds. The first-order valence-corrected chi connectivity index (χ1v) is 3.49. The van der Waals surface area contributed by atoms with Gasteiger partial charge in [-0.05, 0) is 6.42 Å². The number of aryl methyl sites for hydroxylation is 1. The van der Waals surface area contributed by atoms with E-state index in [1.165, 1.54) is 6.42 Å². The summed E-state index contributed by atoms with van der Waals surface area (Å²) in [5.74, 6) is 0. The van der Waals surface area contributed by atoms with Crippen LogP contribution in [0.4, 0.5) is 0 Å². The second-order valence-corrected chi connectivity index (χ2v) is 2.49. The Kier molecular flexibility index (Phi) is 2.16. The molecule has 9 heavy (non-hydrogen) atoms. The van der Waals surface area contributed by atoms with Gasteiger partial charge in [-0.25, -0.2) is 4.57 Å². The van der Waals surface area contributed by atoms with Crippen LogP contribution < -0.4 is 4.57 Å². The average molecular weight is 143 g/mol. The summed E-state index contributed by atoms with van der Waals surface area (Å²) in [7, 11) is 0. The molecule has 0 atom stereocenters. The molecule has 3 heteroatoms. The molecule has 0 saturated heterocycles. The van der Waals surface area contributed by atoms with Crippen LogP contribution >= 0.6 is 12.8 Å². The molecule has 1 rings (SSSR count). The molecule has 1 heterocycles. The molecule has 0 aromatic carbocycles. The van der Waals surface area contributed by atoms with E-state index >= 15 is 0 Å². The maximum atomic E-state index is 4.09. The van der Waals surface area contributed by atoms with Crippen molar-refractivity contribution in [3.63, 3.8) is 0 Å². The molecular weight excluding hydrogens is 132 g/mol. The Hall–Kier alpha value is -0.440. The summed E-state index contributed by atoms with van der Waals surface area (Å²) in [4.78, 5) is 0. The van der Waals surface area contributed by atoms with Gasteiger partial charge in [0.2, 0.25) is 0 Å². The lowest BCUT2D eigenvalue weighted by Crippen LogP contribution is -2.29. The van der Waals surface area contributed by atoms with Crippen LogP contribution in [0.3, 0.4) is 0 Å². The van der Waals surface area contributed by atoms with Crippen molar-refractivity contribution in [2.45, 2.75) is 19.9 Å². The van der Waals surface area contributed by atoms with E-state index in [-0.39, 0.29) is 0 Å². The highest BCUT2D eigenvalue weighted by molar-refractivity contribution is 7.78. The van der Waals surface area contributed by atoms with Gasteiger partial charge in [-0.2, -0.15) is 3.97 Å². The van der Waals surface area contributed by atoms with Gasteiger partial charge in [0.1, 0.15) is 12.4 Å².